The van der Waals surface area contributed by atoms with Crippen molar-refractivity contribution in [2.75, 3.05) is 37.7 Å². The lowest BCUT2D eigenvalue weighted by Crippen LogP contribution is -2.49. The van der Waals surface area contributed by atoms with E-state index in [0.29, 0.717) is 12.6 Å². The molecule has 1 aliphatic rings. The number of aromatic nitrogens is 1. The number of aliphatic hydroxyl groups excluding tert-OH is 1. The summed E-state index contributed by atoms with van der Waals surface area (Å²) in [7, 11) is 0. The van der Waals surface area contributed by atoms with E-state index in [9.17, 15) is 5.11 Å². The topological polar surface area (TPSA) is 82.0 Å². The van der Waals surface area contributed by atoms with E-state index < -0.39 is 6.10 Å². The van der Waals surface area contributed by atoms with Crippen LogP contribution in [0.15, 0.2) is 59.7 Å². The third-order valence-electron chi connectivity index (χ3n) is 5.42. The molecule has 1 aliphatic heterocycles. The number of ether oxygens (including phenoxy) is 1. The van der Waals surface area contributed by atoms with Crippen LogP contribution in [-0.2, 0) is 4.74 Å². The van der Waals surface area contributed by atoms with E-state index in [0.717, 1.165) is 49.8 Å². The molecule has 1 saturated heterocycles. The standard InChI is InChI=1S/C24H35N5O2.HI/c1-3-25-24(27-17-22(30)18-31-19(2)20-9-5-4-6-10-20)28-21-12-15-29(16-13-21)23-11-7-8-14-26-23;/h4-11,14,19,21-22,30H,3,12-13,15-18H2,1-2H3,(H2,25,27,28);1H. The summed E-state index contributed by atoms with van der Waals surface area (Å²) in [5, 5.41) is 17.1. The van der Waals surface area contributed by atoms with Gasteiger partial charge in [-0.15, -0.1) is 24.0 Å². The van der Waals surface area contributed by atoms with Crippen molar-refractivity contribution in [1.29, 1.82) is 0 Å². The van der Waals surface area contributed by atoms with Crippen LogP contribution >= 0.6 is 24.0 Å². The molecule has 2 atom stereocenters. The highest BCUT2D eigenvalue weighted by molar-refractivity contribution is 14.0. The van der Waals surface area contributed by atoms with Gasteiger partial charge in [0.25, 0.3) is 0 Å². The van der Waals surface area contributed by atoms with Gasteiger partial charge in [-0.1, -0.05) is 36.4 Å². The third kappa shape index (κ3) is 8.55. The van der Waals surface area contributed by atoms with Crippen molar-refractivity contribution >= 4 is 35.8 Å². The Balaban J connectivity index is 0.00000363. The Morgan fingerprint density at radius 3 is 2.56 bits per heavy atom. The fourth-order valence-corrected chi connectivity index (χ4v) is 3.63. The van der Waals surface area contributed by atoms with Gasteiger partial charge in [-0.3, -0.25) is 4.99 Å². The van der Waals surface area contributed by atoms with E-state index >= 15 is 0 Å². The van der Waals surface area contributed by atoms with Crippen molar-refractivity contribution in [3.63, 3.8) is 0 Å². The van der Waals surface area contributed by atoms with Crippen LogP contribution in [0.3, 0.4) is 0 Å². The number of hydrogen-bond acceptors (Lipinski definition) is 5. The first-order valence-corrected chi connectivity index (χ1v) is 11.2. The zero-order valence-electron chi connectivity index (χ0n) is 19.0. The van der Waals surface area contributed by atoms with Gasteiger partial charge in [0.2, 0.25) is 0 Å². The normalized spacial score (nSPS) is 16.7. The number of halogens is 1. The van der Waals surface area contributed by atoms with Gasteiger partial charge < -0.3 is 25.4 Å². The molecule has 1 fully saturated rings. The summed E-state index contributed by atoms with van der Waals surface area (Å²) in [4.78, 5) is 11.3. The van der Waals surface area contributed by atoms with E-state index in [1.807, 2.05) is 62.5 Å². The van der Waals surface area contributed by atoms with Crippen LogP contribution in [0.1, 0.15) is 38.4 Å². The number of anilines is 1. The summed E-state index contributed by atoms with van der Waals surface area (Å²) in [5.41, 5.74) is 1.10. The largest absolute Gasteiger partial charge is 0.389 e. The number of rotatable bonds is 9. The number of guanidine groups is 1. The summed E-state index contributed by atoms with van der Waals surface area (Å²) >= 11 is 0. The predicted octanol–water partition coefficient (Wildman–Crippen LogP) is 3.36. The molecule has 0 aliphatic carbocycles. The monoisotopic (exact) mass is 553 g/mol. The number of piperidine rings is 1. The second kappa shape index (κ2) is 14.3. The molecule has 3 rings (SSSR count). The molecule has 176 valence electrons. The maximum absolute atomic E-state index is 10.3. The van der Waals surface area contributed by atoms with Crippen LogP contribution in [0, 0.1) is 0 Å². The fourth-order valence-electron chi connectivity index (χ4n) is 3.63. The number of nitrogens with one attached hydrogen (secondary N) is 2. The van der Waals surface area contributed by atoms with Crippen molar-refractivity contribution in [2.45, 2.75) is 44.9 Å². The molecule has 2 heterocycles. The second-order valence-electron chi connectivity index (χ2n) is 7.85. The number of aliphatic imine (C=N–C) groups is 1. The number of aliphatic hydroxyl groups is 1. The first-order chi connectivity index (χ1) is 15.2. The molecule has 2 unspecified atom stereocenters. The highest BCUT2D eigenvalue weighted by Crippen LogP contribution is 2.17. The summed E-state index contributed by atoms with van der Waals surface area (Å²) in [6, 6.07) is 16.4. The molecule has 2 aromatic rings. The van der Waals surface area contributed by atoms with Crippen molar-refractivity contribution < 1.29 is 9.84 Å². The number of pyridine rings is 1. The van der Waals surface area contributed by atoms with Gasteiger partial charge in [-0.2, -0.15) is 0 Å². The Labute approximate surface area is 208 Å². The smallest absolute Gasteiger partial charge is 0.191 e. The third-order valence-corrected chi connectivity index (χ3v) is 5.42. The van der Waals surface area contributed by atoms with Gasteiger partial charge in [-0.25, -0.2) is 4.98 Å². The zero-order valence-corrected chi connectivity index (χ0v) is 21.3. The van der Waals surface area contributed by atoms with Crippen LogP contribution in [0.5, 0.6) is 0 Å². The van der Waals surface area contributed by atoms with Crippen LogP contribution < -0.4 is 15.5 Å². The molecule has 7 nitrogen and oxygen atoms in total. The average molecular weight is 553 g/mol. The highest BCUT2D eigenvalue weighted by atomic mass is 127. The minimum Gasteiger partial charge on any atom is -0.389 e. The van der Waals surface area contributed by atoms with Gasteiger partial charge in [0.05, 0.1) is 25.4 Å². The Morgan fingerprint density at radius 2 is 1.91 bits per heavy atom. The molecule has 3 N–H and O–H groups in total. The maximum Gasteiger partial charge on any atom is 0.191 e. The quantitative estimate of drug-likeness (QED) is 0.251. The van der Waals surface area contributed by atoms with Crippen molar-refractivity contribution in [3.8, 4) is 0 Å². The molecular weight excluding hydrogens is 517 g/mol. The van der Waals surface area contributed by atoms with E-state index in [2.05, 4.69) is 31.6 Å². The molecule has 0 amide bonds. The lowest BCUT2D eigenvalue weighted by Gasteiger charge is -2.33. The van der Waals surface area contributed by atoms with Crippen LogP contribution in [0.25, 0.3) is 0 Å². The lowest BCUT2D eigenvalue weighted by molar-refractivity contribution is 0.00111. The molecule has 1 aromatic heterocycles. The Kier molecular flexibility index (Phi) is 11.8. The average Bonchev–Trinajstić information content (AvgIpc) is 2.82. The van der Waals surface area contributed by atoms with Crippen LogP contribution in [0.2, 0.25) is 0 Å². The number of benzene rings is 1. The van der Waals surface area contributed by atoms with Crippen molar-refractivity contribution in [1.82, 2.24) is 15.6 Å². The number of hydrogen-bond donors (Lipinski definition) is 3. The van der Waals surface area contributed by atoms with Crippen molar-refractivity contribution in [3.05, 3.63) is 60.3 Å². The molecular formula is C24H36IN5O2. The summed E-state index contributed by atoms with van der Waals surface area (Å²) in [6.45, 7) is 7.28. The van der Waals surface area contributed by atoms with Gasteiger partial charge in [0.15, 0.2) is 5.96 Å². The zero-order chi connectivity index (χ0) is 21.9. The van der Waals surface area contributed by atoms with E-state index in [1.165, 1.54) is 0 Å². The van der Waals surface area contributed by atoms with E-state index in [-0.39, 0.29) is 36.7 Å². The minimum absolute atomic E-state index is 0. The van der Waals surface area contributed by atoms with Gasteiger partial charge in [-0.05, 0) is 44.4 Å². The molecule has 0 saturated carbocycles. The van der Waals surface area contributed by atoms with E-state index in [1.54, 1.807) is 0 Å². The second-order valence-corrected chi connectivity index (χ2v) is 7.85. The molecule has 0 bridgehead atoms. The molecule has 0 spiro atoms. The van der Waals surface area contributed by atoms with E-state index in [4.69, 9.17) is 4.74 Å². The minimum atomic E-state index is -0.646. The van der Waals surface area contributed by atoms with Crippen LogP contribution in [-0.4, -0.2) is 61.0 Å². The molecule has 32 heavy (non-hydrogen) atoms. The van der Waals surface area contributed by atoms with Crippen LogP contribution in [0.4, 0.5) is 5.82 Å². The SMILES string of the molecule is CCNC(=NCC(O)COC(C)c1ccccc1)NC1CCN(c2ccccn2)CC1.I. The molecule has 0 radical (unpaired) electrons. The van der Waals surface area contributed by atoms with Gasteiger partial charge in [0, 0.05) is 31.9 Å². The molecule has 8 heteroatoms. The summed E-state index contributed by atoms with van der Waals surface area (Å²) in [6.07, 6.45) is 3.16. The first kappa shape index (κ1) is 26.3. The maximum atomic E-state index is 10.3. The summed E-state index contributed by atoms with van der Waals surface area (Å²) < 4.78 is 5.81. The van der Waals surface area contributed by atoms with Crippen molar-refractivity contribution in [2.24, 2.45) is 4.99 Å². The first-order valence-electron chi connectivity index (χ1n) is 11.2. The lowest BCUT2D eigenvalue weighted by atomic mass is 10.1. The molecule has 1 aromatic carbocycles. The van der Waals surface area contributed by atoms with Gasteiger partial charge in [0.1, 0.15) is 5.82 Å². The summed E-state index contributed by atoms with van der Waals surface area (Å²) in [5.74, 6) is 1.78. The van der Waals surface area contributed by atoms with Gasteiger partial charge >= 0.3 is 0 Å². The Hall–Kier alpha value is -1.91. The highest BCUT2D eigenvalue weighted by Gasteiger charge is 2.21. The Morgan fingerprint density at radius 1 is 1.19 bits per heavy atom. The Bertz CT molecular complexity index is 785. The fraction of sp³-hybridized carbons (Fsp3) is 0.500. The number of nitrogens with zero attached hydrogens (tertiary/aromatic N) is 3. The predicted molar refractivity (Wildman–Crippen MR) is 141 cm³/mol.